The number of halogens is 3. The summed E-state index contributed by atoms with van der Waals surface area (Å²) in [5.74, 6) is 0.152. The normalized spacial score (nSPS) is 11.2. The van der Waals surface area contributed by atoms with Crippen molar-refractivity contribution >= 4 is 11.6 Å². The average Bonchev–Trinajstić information content (AvgIpc) is 2.40. The Kier molecular flexibility index (Phi) is 6.29. The number of hydrogen-bond acceptors (Lipinski definition) is 4. The first-order chi connectivity index (χ1) is 9.81. The summed E-state index contributed by atoms with van der Waals surface area (Å²) in [6.45, 7) is -1.48. The number of nitrogens with one attached hydrogen (secondary N) is 1. The lowest BCUT2D eigenvalue weighted by Crippen LogP contribution is -2.25. The summed E-state index contributed by atoms with van der Waals surface area (Å²) < 4.78 is 44.9. The molecule has 1 amide bonds. The first kappa shape index (κ1) is 17.1. The molecule has 0 aliphatic rings. The van der Waals surface area contributed by atoms with E-state index in [0.29, 0.717) is 17.0 Å². The van der Waals surface area contributed by atoms with Crippen LogP contribution in [0.3, 0.4) is 0 Å². The topological polar surface area (TPSA) is 73.6 Å². The number of methoxy groups -OCH3 is 1. The number of alkyl halides is 3. The monoisotopic (exact) mass is 306 g/mol. The third-order valence-corrected chi connectivity index (χ3v) is 2.52. The van der Waals surface area contributed by atoms with Crippen molar-refractivity contribution in [3.8, 4) is 5.75 Å². The molecule has 0 atom stereocenters. The van der Waals surface area contributed by atoms with Crippen LogP contribution in [0.4, 0.5) is 18.9 Å². The Morgan fingerprint density at radius 1 is 1.38 bits per heavy atom. The van der Waals surface area contributed by atoms with Crippen molar-refractivity contribution in [2.24, 2.45) is 0 Å². The molecule has 0 saturated carbocycles. The molecule has 118 valence electrons. The van der Waals surface area contributed by atoms with Crippen molar-refractivity contribution in [3.05, 3.63) is 23.8 Å². The third-order valence-electron chi connectivity index (χ3n) is 2.52. The molecule has 0 saturated heterocycles. The van der Waals surface area contributed by atoms with E-state index in [1.54, 1.807) is 18.2 Å². The van der Waals surface area contributed by atoms with E-state index in [-0.39, 0.29) is 19.6 Å². The van der Waals surface area contributed by atoms with Crippen LogP contribution in [0.1, 0.15) is 12.0 Å². The lowest BCUT2D eigenvalue weighted by atomic mass is 10.1. The number of hydrogen-bond donors (Lipinski definition) is 2. The molecule has 0 heterocycles. The van der Waals surface area contributed by atoms with Gasteiger partial charge in [0, 0.05) is 24.2 Å². The highest BCUT2D eigenvalue weighted by Crippen LogP contribution is 2.20. The highest BCUT2D eigenvalue weighted by Gasteiger charge is 2.27. The molecule has 21 heavy (non-hydrogen) atoms. The van der Waals surface area contributed by atoms with E-state index in [9.17, 15) is 18.0 Å². The van der Waals surface area contributed by atoms with Crippen LogP contribution in [0.2, 0.25) is 0 Å². The van der Waals surface area contributed by atoms with Crippen LogP contribution < -0.4 is 15.8 Å². The van der Waals surface area contributed by atoms with E-state index in [1.807, 2.05) is 0 Å². The number of anilines is 1. The van der Waals surface area contributed by atoms with E-state index in [4.69, 9.17) is 10.5 Å². The fraction of sp³-hybridized carbons (Fsp3) is 0.462. The first-order valence-electron chi connectivity index (χ1n) is 6.15. The van der Waals surface area contributed by atoms with Gasteiger partial charge in [-0.05, 0) is 18.2 Å². The lowest BCUT2D eigenvalue weighted by Gasteiger charge is -2.11. The Morgan fingerprint density at radius 3 is 2.71 bits per heavy atom. The van der Waals surface area contributed by atoms with Crippen molar-refractivity contribution in [2.45, 2.75) is 19.1 Å². The summed E-state index contributed by atoms with van der Waals surface area (Å²) in [4.78, 5) is 11.5. The molecule has 0 aliphatic heterocycles. The number of carbonyl (C=O) groups excluding carboxylic acids is 1. The summed E-state index contributed by atoms with van der Waals surface area (Å²) in [6, 6.07) is 4.98. The van der Waals surface area contributed by atoms with Gasteiger partial charge < -0.3 is 20.5 Å². The Bertz CT molecular complexity index is 478. The quantitative estimate of drug-likeness (QED) is 0.596. The van der Waals surface area contributed by atoms with Crippen LogP contribution in [0.25, 0.3) is 0 Å². The van der Waals surface area contributed by atoms with Crippen molar-refractivity contribution in [1.82, 2.24) is 5.32 Å². The molecule has 0 aliphatic carbocycles. The maximum atomic E-state index is 11.8. The van der Waals surface area contributed by atoms with Crippen molar-refractivity contribution in [2.75, 3.05) is 26.1 Å². The first-order valence-corrected chi connectivity index (χ1v) is 6.15. The summed E-state index contributed by atoms with van der Waals surface area (Å²) in [7, 11) is 1.49. The molecule has 8 heteroatoms. The van der Waals surface area contributed by atoms with Crippen LogP contribution in [-0.4, -0.2) is 32.4 Å². The third kappa shape index (κ3) is 6.84. The van der Waals surface area contributed by atoms with Crippen LogP contribution >= 0.6 is 0 Å². The standard InChI is InChI=1S/C13H17F3N2O3/c1-20-11-3-2-10(17)6-9(11)7-18-12(19)4-5-21-8-13(14,15)16/h2-3,6H,4-5,7-8,17H2,1H3,(H,18,19). The van der Waals surface area contributed by atoms with Crippen molar-refractivity contribution < 1.29 is 27.4 Å². The van der Waals surface area contributed by atoms with Gasteiger partial charge in [-0.1, -0.05) is 0 Å². The van der Waals surface area contributed by atoms with E-state index in [0.717, 1.165) is 0 Å². The van der Waals surface area contributed by atoms with E-state index >= 15 is 0 Å². The average molecular weight is 306 g/mol. The van der Waals surface area contributed by atoms with Crippen molar-refractivity contribution in [3.63, 3.8) is 0 Å². The van der Waals surface area contributed by atoms with Gasteiger partial charge in [0.2, 0.25) is 5.91 Å². The molecule has 5 nitrogen and oxygen atoms in total. The number of nitrogens with two attached hydrogens (primary N) is 1. The van der Waals surface area contributed by atoms with Crippen LogP contribution in [0.5, 0.6) is 5.75 Å². The largest absolute Gasteiger partial charge is 0.496 e. The Hall–Kier alpha value is -1.96. The summed E-state index contributed by atoms with van der Waals surface area (Å²) >= 11 is 0. The summed E-state index contributed by atoms with van der Waals surface area (Å²) in [5.41, 5.74) is 6.84. The second kappa shape index (κ2) is 7.72. The van der Waals surface area contributed by atoms with Crippen LogP contribution in [-0.2, 0) is 16.1 Å². The van der Waals surface area contributed by atoms with Gasteiger partial charge in [-0.25, -0.2) is 0 Å². The molecular formula is C13H17F3N2O3. The fourth-order valence-electron chi connectivity index (χ4n) is 1.57. The highest BCUT2D eigenvalue weighted by molar-refractivity contribution is 5.76. The number of carbonyl (C=O) groups is 1. The number of rotatable bonds is 7. The minimum Gasteiger partial charge on any atom is -0.496 e. The molecule has 1 rings (SSSR count). The molecule has 0 fully saturated rings. The van der Waals surface area contributed by atoms with Gasteiger partial charge in [0.15, 0.2) is 0 Å². The second-order valence-corrected chi connectivity index (χ2v) is 4.27. The molecule has 0 unspecified atom stereocenters. The van der Waals surface area contributed by atoms with Gasteiger partial charge in [0.05, 0.1) is 13.7 Å². The zero-order valence-electron chi connectivity index (χ0n) is 11.5. The Morgan fingerprint density at radius 2 is 2.10 bits per heavy atom. The smallest absolute Gasteiger partial charge is 0.411 e. The number of nitrogen functional groups attached to an aromatic ring is 1. The predicted octanol–water partition coefficient (Wildman–Crippen LogP) is 1.86. The molecule has 0 bridgehead atoms. The number of benzene rings is 1. The highest BCUT2D eigenvalue weighted by atomic mass is 19.4. The van der Waals surface area contributed by atoms with Crippen LogP contribution in [0, 0.1) is 0 Å². The minimum atomic E-state index is -4.38. The number of ether oxygens (including phenoxy) is 2. The fourth-order valence-corrected chi connectivity index (χ4v) is 1.57. The molecule has 0 spiro atoms. The Labute approximate surface area is 120 Å². The minimum absolute atomic E-state index is 0.152. The van der Waals surface area contributed by atoms with E-state index in [1.165, 1.54) is 7.11 Å². The van der Waals surface area contributed by atoms with Crippen molar-refractivity contribution in [1.29, 1.82) is 0 Å². The molecule has 1 aromatic carbocycles. The van der Waals surface area contributed by atoms with Gasteiger partial charge in [0.1, 0.15) is 12.4 Å². The van der Waals surface area contributed by atoms with E-state index < -0.39 is 18.7 Å². The van der Waals surface area contributed by atoms with Gasteiger partial charge in [-0.2, -0.15) is 13.2 Å². The maximum Gasteiger partial charge on any atom is 0.411 e. The van der Waals surface area contributed by atoms with Gasteiger partial charge in [0.25, 0.3) is 0 Å². The van der Waals surface area contributed by atoms with E-state index in [2.05, 4.69) is 10.1 Å². The molecule has 1 aromatic rings. The van der Waals surface area contributed by atoms with Gasteiger partial charge in [-0.15, -0.1) is 0 Å². The zero-order chi connectivity index (χ0) is 15.9. The molecule has 3 N–H and O–H groups in total. The molecule has 0 aromatic heterocycles. The van der Waals surface area contributed by atoms with Gasteiger partial charge in [-0.3, -0.25) is 4.79 Å². The Balaban J connectivity index is 2.35. The van der Waals surface area contributed by atoms with Gasteiger partial charge >= 0.3 is 6.18 Å². The summed E-state index contributed by atoms with van der Waals surface area (Å²) in [6.07, 6.45) is -4.54. The second-order valence-electron chi connectivity index (χ2n) is 4.27. The number of amides is 1. The predicted molar refractivity (Wildman–Crippen MR) is 70.7 cm³/mol. The SMILES string of the molecule is COc1ccc(N)cc1CNC(=O)CCOCC(F)(F)F. The lowest BCUT2D eigenvalue weighted by molar-refractivity contribution is -0.174. The summed E-state index contributed by atoms with van der Waals surface area (Å²) in [5, 5.41) is 2.56. The molecule has 0 radical (unpaired) electrons. The molecular weight excluding hydrogens is 289 g/mol. The van der Waals surface area contributed by atoms with Crippen LogP contribution in [0.15, 0.2) is 18.2 Å². The zero-order valence-corrected chi connectivity index (χ0v) is 11.5. The maximum absolute atomic E-state index is 11.8.